The van der Waals surface area contributed by atoms with Gasteiger partial charge < -0.3 is 5.32 Å². The van der Waals surface area contributed by atoms with Crippen molar-refractivity contribution in [2.75, 3.05) is 6.54 Å². The summed E-state index contributed by atoms with van der Waals surface area (Å²) in [5.41, 5.74) is 0. The summed E-state index contributed by atoms with van der Waals surface area (Å²) in [6, 6.07) is 0.655. The maximum absolute atomic E-state index is 3.50. The second-order valence-corrected chi connectivity index (χ2v) is 5.02. The van der Waals surface area contributed by atoms with Gasteiger partial charge >= 0.3 is 0 Å². The smallest absolute Gasteiger partial charge is 0.00103 e. The van der Waals surface area contributed by atoms with Crippen LogP contribution in [-0.2, 0) is 0 Å². The molecule has 1 heteroatoms. The van der Waals surface area contributed by atoms with Crippen molar-refractivity contribution in [3.05, 3.63) is 0 Å². The van der Waals surface area contributed by atoms with Crippen LogP contribution in [0.15, 0.2) is 0 Å². The predicted molar refractivity (Wildman–Crippen MR) is 58.9 cm³/mol. The summed E-state index contributed by atoms with van der Waals surface area (Å²) in [6.45, 7) is 8.06. The van der Waals surface area contributed by atoms with Crippen molar-refractivity contribution in [3.63, 3.8) is 0 Å². The molecule has 1 N–H and O–H groups in total. The molecule has 0 aromatic carbocycles. The molecular weight excluding hydrogens is 158 g/mol. The first-order valence-electron chi connectivity index (χ1n) is 5.92. The van der Waals surface area contributed by atoms with Crippen LogP contribution in [0.25, 0.3) is 0 Å². The Morgan fingerprint density at radius 3 is 2.31 bits per heavy atom. The maximum Gasteiger partial charge on any atom is 0.00103 e. The van der Waals surface area contributed by atoms with Crippen LogP contribution in [0.4, 0.5) is 0 Å². The van der Waals surface area contributed by atoms with E-state index in [2.05, 4.69) is 26.1 Å². The van der Waals surface area contributed by atoms with Crippen molar-refractivity contribution in [2.45, 2.75) is 58.9 Å². The SMILES string of the molecule is CC1CCC(CCNC(C)C)CC1. The Kier molecular flexibility index (Phi) is 4.79. The van der Waals surface area contributed by atoms with Crippen LogP contribution in [0.1, 0.15) is 52.9 Å². The molecule has 0 aromatic rings. The second-order valence-electron chi connectivity index (χ2n) is 5.02. The Morgan fingerprint density at radius 1 is 1.15 bits per heavy atom. The summed E-state index contributed by atoms with van der Waals surface area (Å²) in [5, 5.41) is 3.50. The van der Waals surface area contributed by atoms with Crippen LogP contribution in [0, 0.1) is 11.8 Å². The van der Waals surface area contributed by atoms with Gasteiger partial charge in [-0.3, -0.25) is 0 Å². The van der Waals surface area contributed by atoms with Crippen molar-refractivity contribution in [3.8, 4) is 0 Å². The van der Waals surface area contributed by atoms with E-state index in [-0.39, 0.29) is 0 Å². The lowest BCUT2D eigenvalue weighted by Crippen LogP contribution is -2.26. The number of hydrogen-bond donors (Lipinski definition) is 1. The molecule has 1 aliphatic carbocycles. The molecule has 1 rings (SSSR count). The number of hydrogen-bond acceptors (Lipinski definition) is 1. The Morgan fingerprint density at radius 2 is 1.77 bits per heavy atom. The molecule has 0 radical (unpaired) electrons. The van der Waals surface area contributed by atoms with E-state index in [1.54, 1.807) is 0 Å². The third kappa shape index (κ3) is 4.66. The average molecular weight is 183 g/mol. The zero-order valence-corrected chi connectivity index (χ0v) is 9.47. The van der Waals surface area contributed by atoms with Crippen LogP contribution in [-0.4, -0.2) is 12.6 Å². The van der Waals surface area contributed by atoms with Gasteiger partial charge in [-0.15, -0.1) is 0 Å². The summed E-state index contributed by atoms with van der Waals surface area (Å²) < 4.78 is 0. The molecular formula is C12H25N. The van der Waals surface area contributed by atoms with Crippen LogP contribution in [0.5, 0.6) is 0 Å². The van der Waals surface area contributed by atoms with Gasteiger partial charge in [0.15, 0.2) is 0 Å². The highest BCUT2D eigenvalue weighted by Crippen LogP contribution is 2.29. The van der Waals surface area contributed by atoms with E-state index < -0.39 is 0 Å². The molecule has 0 unspecified atom stereocenters. The third-order valence-corrected chi connectivity index (χ3v) is 3.24. The summed E-state index contributed by atoms with van der Waals surface area (Å²) in [5.74, 6) is 2.01. The van der Waals surface area contributed by atoms with Gasteiger partial charge in [0.1, 0.15) is 0 Å². The average Bonchev–Trinajstić information content (AvgIpc) is 2.08. The number of rotatable bonds is 4. The molecule has 0 aromatic heterocycles. The molecule has 0 heterocycles. The monoisotopic (exact) mass is 183 g/mol. The highest BCUT2D eigenvalue weighted by Gasteiger charge is 2.17. The van der Waals surface area contributed by atoms with Crippen molar-refractivity contribution in [1.82, 2.24) is 5.32 Å². The Labute approximate surface area is 83.3 Å². The molecule has 0 bridgehead atoms. The molecule has 1 nitrogen and oxygen atoms in total. The van der Waals surface area contributed by atoms with E-state index in [0.29, 0.717) is 6.04 Å². The fourth-order valence-electron chi connectivity index (χ4n) is 2.19. The molecule has 0 aliphatic heterocycles. The van der Waals surface area contributed by atoms with Gasteiger partial charge in [-0.25, -0.2) is 0 Å². The van der Waals surface area contributed by atoms with Gasteiger partial charge in [-0.1, -0.05) is 46.5 Å². The van der Waals surface area contributed by atoms with Crippen molar-refractivity contribution < 1.29 is 0 Å². The van der Waals surface area contributed by atoms with Gasteiger partial charge in [0, 0.05) is 6.04 Å². The topological polar surface area (TPSA) is 12.0 Å². The van der Waals surface area contributed by atoms with Crippen LogP contribution in [0.3, 0.4) is 0 Å². The van der Waals surface area contributed by atoms with E-state index in [1.165, 1.54) is 38.6 Å². The first-order valence-corrected chi connectivity index (χ1v) is 5.92. The van der Waals surface area contributed by atoms with Gasteiger partial charge in [0.25, 0.3) is 0 Å². The molecule has 13 heavy (non-hydrogen) atoms. The molecule has 0 saturated heterocycles. The van der Waals surface area contributed by atoms with Crippen LogP contribution < -0.4 is 5.32 Å². The summed E-state index contributed by atoms with van der Waals surface area (Å²) >= 11 is 0. The first kappa shape index (κ1) is 11.0. The van der Waals surface area contributed by atoms with E-state index in [1.807, 2.05) is 0 Å². The van der Waals surface area contributed by atoms with E-state index >= 15 is 0 Å². The Hall–Kier alpha value is -0.0400. The molecule has 0 amide bonds. The van der Waals surface area contributed by atoms with Gasteiger partial charge in [0.2, 0.25) is 0 Å². The lowest BCUT2D eigenvalue weighted by molar-refractivity contribution is 0.273. The maximum atomic E-state index is 3.50. The molecule has 0 spiro atoms. The minimum Gasteiger partial charge on any atom is -0.315 e. The zero-order chi connectivity index (χ0) is 9.68. The zero-order valence-electron chi connectivity index (χ0n) is 9.47. The lowest BCUT2D eigenvalue weighted by Gasteiger charge is -2.26. The third-order valence-electron chi connectivity index (χ3n) is 3.24. The molecule has 1 fully saturated rings. The van der Waals surface area contributed by atoms with Crippen molar-refractivity contribution >= 4 is 0 Å². The number of nitrogens with one attached hydrogen (secondary N) is 1. The summed E-state index contributed by atoms with van der Waals surface area (Å²) in [4.78, 5) is 0. The minimum atomic E-state index is 0.655. The quantitative estimate of drug-likeness (QED) is 0.706. The minimum absolute atomic E-state index is 0.655. The van der Waals surface area contributed by atoms with Crippen LogP contribution >= 0.6 is 0 Å². The fraction of sp³-hybridized carbons (Fsp3) is 1.00. The van der Waals surface area contributed by atoms with Gasteiger partial charge in [-0.2, -0.15) is 0 Å². The largest absolute Gasteiger partial charge is 0.315 e. The Balaban J connectivity index is 2.02. The Bertz CT molecular complexity index is 123. The standard InChI is InChI=1S/C12H25N/c1-10(2)13-9-8-12-6-4-11(3)5-7-12/h10-13H,4-9H2,1-3H3. The van der Waals surface area contributed by atoms with Crippen LogP contribution in [0.2, 0.25) is 0 Å². The molecule has 0 atom stereocenters. The molecule has 78 valence electrons. The summed E-state index contributed by atoms with van der Waals surface area (Å²) in [6.07, 6.45) is 7.27. The van der Waals surface area contributed by atoms with Gasteiger partial charge in [-0.05, 0) is 24.8 Å². The predicted octanol–water partition coefficient (Wildman–Crippen LogP) is 3.20. The first-order chi connectivity index (χ1) is 6.18. The molecule has 1 saturated carbocycles. The van der Waals surface area contributed by atoms with E-state index in [0.717, 1.165) is 11.8 Å². The fourth-order valence-corrected chi connectivity index (χ4v) is 2.19. The van der Waals surface area contributed by atoms with Gasteiger partial charge in [0.05, 0.1) is 0 Å². The summed E-state index contributed by atoms with van der Waals surface area (Å²) in [7, 11) is 0. The highest BCUT2D eigenvalue weighted by atomic mass is 14.9. The van der Waals surface area contributed by atoms with E-state index in [4.69, 9.17) is 0 Å². The molecule has 1 aliphatic rings. The lowest BCUT2D eigenvalue weighted by atomic mass is 9.81. The van der Waals surface area contributed by atoms with Crippen molar-refractivity contribution in [1.29, 1.82) is 0 Å². The highest BCUT2D eigenvalue weighted by molar-refractivity contribution is 4.71. The normalized spacial score (nSPS) is 29.5. The second kappa shape index (κ2) is 5.64. The van der Waals surface area contributed by atoms with E-state index in [9.17, 15) is 0 Å². The van der Waals surface area contributed by atoms with Crippen molar-refractivity contribution in [2.24, 2.45) is 11.8 Å².